The van der Waals surface area contributed by atoms with Crippen molar-refractivity contribution in [1.29, 1.82) is 0 Å². The predicted molar refractivity (Wildman–Crippen MR) is 144 cm³/mol. The van der Waals surface area contributed by atoms with Crippen LogP contribution in [0, 0.1) is 11.6 Å². The van der Waals surface area contributed by atoms with E-state index in [2.05, 4.69) is 25.6 Å². The summed E-state index contributed by atoms with van der Waals surface area (Å²) in [6.45, 7) is 0.879. The molecule has 0 unspecified atom stereocenters. The van der Waals surface area contributed by atoms with Crippen LogP contribution in [-0.2, 0) is 13.0 Å². The lowest BCUT2D eigenvalue weighted by atomic mass is 9.99. The third kappa shape index (κ3) is 5.39. The van der Waals surface area contributed by atoms with Gasteiger partial charge in [0.2, 0.25) is 11.9 Å². The molecule has 0 saturated heterocycles. The van der Waals surface area contributed by atoms with E-state index in [-0.39, 0.29) is 29.8 Å². The minimum Gasteiger partial charge on any atom is -0.357 e. The van der Waals surface area contributed by atoms with Crippen molar-refractivity contribution >= 4 is 46.7 Å². The van der Waals surface area contributed by atoms with Gasteiger partial charge in [-0.1, -0.05) is 29.3 Å². The Morgan fingerprint density at radius 2 is 1.87 bits per heavy atom. The van der Waals surface area contributed by atoms with Gasteiger partial charge in [-0.05, 0) is 66.4 Å². The van der Waals surface area contributed by atoms with E-state index in [9.17, 15) is 13.6 Å². The fourth-order valence-electron chi connectivity index (χ4n) is 4.28. The fraction of sp³-hybridized carbons (Fsp3) is 0.185. The van der Waals surface area contributed by atoms with E-state index in [1.165, 1.54) is 6.07 Å². The number of aromatic nitrogens is 3. The predicted octanol–water partition coefficient (Wildman–Crippen LogP) is 6.18. The van der Waals surface area contributed by atoms with Crippen LogP contribution < -0.4 is 15.5 Å². The molecular weight excluding hydrogens is 533 g/mol. The van der Waals surface area contributed by atoms with Crippen LogP contribution in [-0.4, -0.2) is 34.5 Å². The molecule has 1 aliphatic rings. The number of fused-ring (bicyclic) bond motifs is 1. The smallest absolute Gasteiger partial charge is 0.251 e. The summed E-state index contributed by atoms with van der Waals surface area (Å²) in [7, 11) is 1.65. The first-order valence-electron chi connectivity index (χ1n) is 11.8. The standard InChI is InChI=1S/C27H22Cl2F2N6O/c1-32-26-34-24(20-8-7-19(30)13-22(20)31)35-27(36-26)37-10-2-3-15-11-16(5-9-23(15)37)25(38)33-14-17-4-6-18(28)12-21(17)29/h4-9,11-13H,2-3,10,14H2,1H3,(H,33,38)(H,32,34,35,36). The number of amides is 1. The zero-order valence-corrected chi connectivity index (χ0v) is 21.7. The molecule has 0 aliphatic carbocycles. The van der Waals surface area contributed by atoms with Crippen molar-refractivity contribution in [3.05, 3.63) is 93.0 Å². The summed E-state index contributed by atoms with van der Waals surface area (Å²) in [5, 5.41) is 6.78. The minimum atomic E-state index is -0.765. The number of aryl methyl sites for hydroxylation is 1. The van der Waals surface area contributed by atoms with Crippen LogP contribution in [0.2, 0.25) is 10.0 Å². The molecule has 1 aromatic heterocycles. The molecule has 7 nitrogen and oxygen atoms in total. The zero-order chi connectivity index (χ0) is 26.8. The van der Waals surface area contributed by atoms with E-state index in [1.807, 2.05) is 17.0 Å². The van der Waals surface area contributed by atoms with E-state index >= 15 is 0 Å². The summed E-state index contributed by atoms with van der Waals surface area (Å²) in [5.74, 6) is -1.03. The first-order valence-corrected chi connectivity index (χ1v) is 12.6. The Labute approximate surface area is 227 Å². The summed E-state index contributed by atoms with van der Waals surface area (Å²) >= 11 is 12.2. The number of carbonyl (C=O) groups excluding carboxylic acids is 1. The molecule has 0 bridgehead atoms. The van der Waals surface area contributed by atoms with Crippen molar-refractivity contribution in [2.75, 3.05) is 23.8 Å². The molecule has 1 aliphatic heterocycles. The summed E-state index contributed by atoms with van der Waals surface area (Å²) in [5.41, 5.74) is 3.13. The quantitative estimate of drug-likeness (QED) is 0.296. The molecule has 38 heavy (non-hydrogen) atoms. The number of hydrogen-bond donors (Lipinski definition) is 2. The van der Waals surface area contributed by atoms with Crippen LogP contribution in [0.4, 0.5) is 26.4 Å². The number of hydrogen-bond acceptors (Lipinski definition) is 6. The molecular formula is C27H22Cl2F2N6O. The molecule has 1 amide bonds. The lowest BCUT2D eigenvalue weighted by Crippen LogP contribution is -2.28. The van der Waals surface area contributed by atoms with Crippen LogP contribution in [0.5, 0.6) is 0 Å². The monoisotopic (exact) mass is 554 g/mol. The highest BCUT2D eigenvalue weighted by Crippen LogP contribution is 2.34. The largest absolute Gasteiger partial charge is 0.357 e. The maximum atomic E-state index is 14.5. The summed E-state index contributed by atoms with van der Waals surface area (Å²) < 4.78 is 27.9. The first-order chi connectivity index (χ1) is 18.3. The number of halogens is 4. The van der Waals surface area contributed by atoms with Crippen molar-refractivity contribution in [3.8, 4) is 11.4 Å². The lowest BCUT2D eigenvalue weighted by Gasteiger charge is -2.30. The van der Waals surface area contributed by atoms with Gasteiger partial charge in [0.15, 0.2) is 5.82 Å². The van der Waals surface area contributed by atoms with Crippen LogP contribution in [0.3, 0.4) is 0 Å². The zero-order valence-electron chi connectivity index (χ0n) is 20.2. The second-order valence-corrected chi connectivity index (χ2v) is 9.52. The number of nitrogens with one attached hydrogen (secondary N) is 2. The SMILES string of the molecule is CNc1nc(-c2ccc(F)cc2F)nc(N2CCCc3cc(C(=O)NCc4ccc(Cl)cc4Cl)ccc32)n1. The van der Waals surface area contributed by atoms with Crippen molar-refractivity contribution < 1.29 is 13.6 Å². The van der Waals surface area contributed by atoms with Gasteiger partial charge >= 0.3 is 0 Å². The molecule has 0 fully saturated rings. The van der Waals surface area contributed by atoms with Gasteiger partial charge in [-0.25, -0.2) is 8.78 Å². The van der Waals surface area contributed by atoms with E-state index < -0.39 is 11.6 Å². The van der Waals surface area contributed by atoms with Crippen LogP contribution >= 0.6 is 23.2 Å². The second kappa shape index (κ2) is 10.9. The Hall–Kier alpha value is -3.82. The molecule has 4 aromatic rings. The average molecular weight is 555 g/mol. The maximum Gasteiger partial charge on any atom is 0.251 e. The first kappa shape index (κ1) is 25.8. The van der Waals surface area contributed by atoms with Crippen molar-refractivity contribution in [2.24, 2.45) is 0 Å². The molecule has 2 heterocycles. The highest BCUT2D eigenvalue weighted by molar-refractivity contribution is 6.35. The molecule has 5 rings (SSSR count). The summed E-state index contributed by atoms with van der Waals surface area (Å²) in [6.07, 6.45) is 1.55. The van der Waals surface area contributed by atoms with Gasteiger partial charge < -0.3 is 15.5 Å². The molecule has 3 aromatic carbocycles. The topological polar surface area (TPSA) is 83.0 Å². The van der Waals surface area contributed by atoms with Crippen LogP contribution in [0.15, 0.2) is 54.6 Å². The Kier molecular flexibility index (Phi) is 7.40. The average Bonchev–Trinajstić information content (AvgIpc) is 2.91. The third-order valence-electron chi connectivity index (χ3n) is 6.18. The Balaban J connectivity index is 1.41. The van der Waals surface area contributed by atoms with E-state index in [0.29, 0.717) is 28.1 Å². The number of rotatable bonds is 6. The summed E-state index contributed by atoms with van der Waals surface area (Å²) in [4.78, 5) is 28.0. The molecule has 11 heteroatoms. The molecule has 2 N–H and O–H groups in total. The van der Waals surface area contributed by atoms with Gasteiger partial charge in [-0.3, -0.25) is 4.79 Å². The van der Waals surface area contributed by atoms with E-state index in [4.69, 9.17) is 23.2 Å². The van der Waals surface area contributed by atoms with Gasteiger partial charge in [-0.15, -0.1) is 0 Å². The molecule has 0 radical (unpaired) electrons. The fourth-order valence-corrected chi connectivity index (χ4v) is 4.75. The van der Waals surface area contributed by atoms with Gasteiger partial charge in [0.25, 0.3) is 5.91 Å². The van der Waals surface area contributed by atoms with Gasteiger partial charge in [0.1, 0.15) is 11.6 Å². The Morgan fingerprint density at radius 1 is 1.03 bits per heavy atom. The minimum absolute atomic E-state index is 0.0663. The summed E-state index contributed by atoms with van der Waals surface area (Å²) in [6, 6.07) is 13.8. The number of benzene rings is 3. The third-order valence-corrected chi connectivity index (χ3v) is 6.76. The molecule has 0 atom stereocenters. The lowest BCUT2D eigenvalue weighted by molar-refractivity contribution is 0.0951. The maximum absolute atomic E-state index is 14.5. The van der Waals surface area contributed by atoms with Crippen molar-refractivity contribution in [3.63, 3.8) is 0 Å². The number of carbonyl (C=O) groups is 1. The Morgan fingerprint density at radius 3 is 2.63 bits per heavy atom. The van der Waals surface area contributed by atoms with Crippen LogP contribution in [0.1, 0.15) is 27.9 Å². The molecule has 0 spiro atoms. The van der Waals surface area contributed by atoms with Crippen molar-refractivity contribution in [2.45, 2.75) is 19.4 Å². The highest BCUT2D eigenvalue weighted by Gasteiger charge is 2.24. The van der Waals surface area contributed by atoms with Gasteiger partial charge in [-0.2, -0.15) is 15.0 Å². The normalized spacial score (nSPS) is 12.7. The highest BCUT2D eigenvalue weighted by atomic mass is 35.5. The molecule has 0 saturated carbocycles. The van der Waals surface area contributed by atoms with Crippen molar-refractivity contribution in [1.82, 2.24) is 20.3 Å². The number of nitrogens with zero attached hydrogens (tertiary/aromatic N) is 4. The van der Waals surface area contributed by atoms with Crippen LogP contribution in [0.25, 0.3) is 11.4 Å². The van der Waals surface area contributed by atoms with Gasteiger partial charge in [0, 0.05) is 47.5 Å². The van der Waals surface area contributed by atoms with E-state index in [1.54, 1.807) is 31.3 Å². The Bertz CT molecular complexity index is 1530. The number of anilines is 3. The van der Waals surface area contributed by atoms with E-state index in [0.717, 1.165) is 41.8 Å². The molecule has 194 valence electrons. The second-order valence-electron chi connectivity index (χ2n) is 8.67. The van der Waals surface area contributed by atoms with Gasteiger partial charge in [0.05, 0.1) is 5.56 Å².